The van der Waals surface area contributed by atoms with Gasteiger partial charge in [0.25, 0.3) is 11.8 Å². The van der Waals surface area contributed by atoms with Crippen LogP contribution in [0.15, 0.2) is 42.5 Å². The monoisotopic (exact) mass is 447 g/mol. The second kappa shape index (κ2) is 10.5. The molecular formula is C28H37N3O2. The first kappa shape index (κ1) is 23.5. The van der Waals surface area contributed by atoms with Gasteiger partial charge in [-0.1, -0.05) is 56.2 Å². The summed E-state index contributed by atoms with van der Waals surface area (Å²) in [6.45, 7) is 10.7. The minimum atomic E-state index is -0.0957. The number of aryl methyl sites for hydroxylation is 1. The molecule has 2 aromatic carbocycles. The standard InChI is InChI=1S/C28H37N3O2/c1-20(2)26-7-4-5-15-30(26)16-6-14-29-27(32)23-12-13-24-19-31(28(33)25(24)17-23)18-22-10-8-21(3)9-11-22/h8-13,17,20,26H,4-7,14-16,18-19H2,1-3H3,(H,29,32). The third kappa shape index (κ3) is 5.64. The average Bonchev–Trinajstić information content (AvgIpc) is 3.12. The summed E-state index contributed by atoms with van der Waals surface area (Å²) in [6.07, 6.45) is 4.84. The SMILES string of the molecule is Cc1ccc(CN2Cc3ccc(C(=O)NCCCN4CCCCC4C(C)C)cc3C2=O)cc1. The zero-order chi connectivity index (χ0) is 23.4. The van der Waals surface area contributed by atoms with E-state index in [9.17, 15) is 9.59 Å². The molecule has 4 rings (SSSR count). The fraction of sp³-hybridized carbons (Fsp3) is 0.500. The quantitative estimate of drug-likeness (QED) is 0.593. The zero-order valence-corrected chi connectivity index (χ0v) is 20.3. The first-order valence-electron chi connectivity index (χ1n) is 12.4. The molecule has 2 heterocycles. The number of rotatable bonds is 8. The van der Waals surface area contributed by atoms with Crippen LogP contribution in [0.25, 0.3) is 0 Å². The summed E-state index contributed by atoms with van der Waals surface area (Å²) in [6, 6.07) is 14.5. The van der Waals surface area contributed by atoms with Crippen LogP contribution in [0.1, 0.15) is 76.9 Å². The maximum absolute atomic E-state index is 13.0. The van der Waals surface area contributed by atoms with Gasteiger partial charge in [0.15, 0.2) is 0 Å². The van der Waals surface area contributed by atoms with Gasteiger partial charge in [0.1, 0.15) is 0 Å². The average molecular weight is 448 g/mol. The van der Waals surface area contributed by atoms with Crippen molar-refractivity contribution < 1.29 is 9.59 Å². The highest BCUT2D eigenvalue weighted by atomic mass is 16.2. The van der Waals surface area contributed by atoms with E-state index in [1.165, 1.54) is 31.4 Å². The number of carbonyl (C=O) groups excluding carboxylic acids is 2. The van der Waals surface area contributed by atoms with E-state index in [0.717, 1.165) is 24.1 Å². The van der Waals surface area contributed by atoms with E-state index in [1.807, 2.05) is 17.0 Å². The molecule has 176 valence electrons. The smallest absolute Gasteiger partial charge is 0.254 e. The first-order chi connectivity index (χ1) is 15.9. The van der Waals surface area contributed by atoms with Crippen molar-refractivity contribution in [3.8, 4) is 0 Å². The zero-order valence-electron chi connectivity index (χ0n) is 20.3. The molecule has 2 aliphatic heterocycles. The lowest BCUT2D eigenvalue weighted by Gasteiger charge is -2.38. The molecule has 0 bridgehead atoms. The number of likely N-dealkylation sites (tertiary alicyclic amines) is 1. The van der Waals surface area contributed by atoms with Gasteiger partial charge in [-0.3, -0.25) is 9.59 Å². The Hall–Kier alpha value is -2.66. The Morgan fingerprint density at radius 3 is 2.67 bits per heavy atom. The van der Waals surface area contributed by atoms with Crippen LogP contribution in [-0.4, -0.2) is 47.3 Å². The second-order valence-corrected chi connectivity index (χ2v) is 9.97. The number of fused-ring (bicyclic) bond motifs is 1. The van der Waals surface area contributed by atoms with Gasteiger partial charge >= 0.3 is 0 Å². The molecule has 0 saturated carbocycles. The molecule has 0 aromatic heterocycles. The minimum Gasteiger partial charge on any atom is -0.352 e. The highest BCUT2D eigenvalue weighted by Gasteiger charge is 2.28. The lowest BCUT2D eigenvalue weighted by atomic mass is 9.92. The van der Waals surface area contributed by atoms with E-state index >= 15 is 0 Å². The molecule has 5 heteroatoms. The third-order valence-electron chi connectivity index (χ3n) is 7.09. The molecule has 1 fully saturated rings. The molecule has 0 spiro atoms. The minimum absolute atomic E-state index is 0.00468. The molecule has 2 aliphatic rings. The van der Waals surface area contributed by atoms with E-state index in [-0.39, 0.29) is 11.8 Å². The predicted octanol–water partition coefficient (Wildman–Crippen LogP) is 4.78. The Bertz CT molecular complexity index is 983. The second-order valence-electron chi connectivity index (χ2n) is 9.97. The molecule has 1 saturated heterocycles. The Morgan fingerprint density at radius 2 is 1.91 bits per heavy atom. The molecular weight excluding hydrogens is 410 g/mol. The van der Waals surface area contributed by atoms with Crippen molar-refractivity contribution in [1.82, 2.24) is 15.1 Å². The summed E-state index contributed by atoms with van der Waals surface area (Å²) < 4.78 is 0. The maximum Gasteiger partial charge on any atom is 0.254 e. The molecule has 5 nitrogen and oxygen atoms in total. The van der Waals surface area contributed by atoms with Gasteiger partial charge in [0.05, 0.1) is 0 Å². The molecule has 1 unspecified atom stereocenters. The van der Waals surface area contributed by atoms with Gasteiger partial charge in [0, 0.05) is 43.3 Å². The number of piperidine rings is 1. The molecule has 33 heavy (non-hydrogen) atoms. The van der Waals surface area contributed by atoms with E-state index in [0.29, 0.717) is 42.7 Å². The summed E-state index contributed by atoms with van der Waals surface area (Å²) in [5.41, 5.74) is 4.54. The van der Waals surface area contributed by atoms with Crippen molar-refractivity contribution >= 4 is 11.8 Å². The van der Waals surface area contributed by atoms with Gasteiger partial charge in [0.2, 0.25) is 0 Å². The van der Waals surface area contributed by atoms with Crippen LogP contribution in [0, 0.1) is 12.8 Å². The lowest BCUT2D eigenvalue weighted by Crippen LogP contribution is -2.43. The Labute approximate surface area is 198 Å². The number of hydrogen-bond donors (Lipinski definition) is 1. The molecule has 1 atom stereocenters. The highest BCUT2D eigenvalue weighted by molar-refractivity contribution is 6.02. The summed E-state index contributed by atoms with van der Waals surface area (Å²) >= 11 is 0. The highest BCUT2D eigenvalue weighted by Crippen LogP contribution is 2.26. The van der Waals surface area contributed by atoms with Crippen LogP contribution in [0.5, 0.6) is 0 Å². The van der Waals surface area contributed by atoms with E-state index in [1.54, 1.807) is 6.07 Å². The molecule has 2 amide bonds. The van der Waals surface area contributed by atoms with Crippen LogP contribution in [0.4, 0.5) is 0 Å². The van der Waals surface area contributed by atoms with Crippen LogP contribution >= 0.6 is 0 Å². The topological polar surface area (TPSA) is 52.7 Å². The molecule has 2 aromatic rings. The summed E-state index contributed by atoms with van der Waals surface area (Å²) in [4.78, 5) is 30.1. The van der Waals surface area contributed by atoms with Crippen LogP contribution < -0.4 is 5.32 Å². The Kier molecular flexibility index (Phi) is 7.49. The Morgan fingerprint density at radius 1 is 1.12 bits per heavy atom. The Balaban J connectivity index is 1.29. The molecule has 0 radical (unpaired) electrons. The number of amides is 2. The maximum atomic E-state index is 13.0. The summed E-state index contributed by atoms with van der Waals surface area (Å²) in [7, 11) is 0. The van der Waals surface area contributed by atoms with Crippen LogP contribution in [-0.2, 0) is 13.1 Å². The van der Waals surface area contributed by atoms with Crippen molar-refractivity contribution in [3.05, 3.63) is 70.3 Å². The van der Waals surface area contributed by atoms with Crippen molar-refractivity contribution in [2.24, 2.45) is 5.92 Å². The van der Waals surface area contributed by atoms with E-state index in [2.05, 4.69) is 55.3 Å². The van der Waals surface area contributed by atoms with Crippen LogP contribution in [0.3, 0.4) is 0 Å². The number of benzene rings is 2. The number of carbonyl (C=O) groups is 2. The fourth-order valence-corrected chi connectivity index (χ4v) is 5.18. The molecule has 1 N–H and O–H groups in total. The predicted molar refractivity (Wildman–Crippen MR) is 132 cm³/mol. The van der Waals surface area contributed by atoms with Crippen LogP contribution in [0.2, 0.25) is 0 Å². The summed E-state index contributed by atoms with van der Waals surface area (Å²) in [5, 5.41) is 3.05. The van der Waals surface area contributed by atoms with Crippen molar-refractivity contribution in [2.45, 2.75) is 65.6 Å². The first-order valence-corrected chi connectivity index (χ1v) is 12.4. The molecule has 0 aliphatic carbocycles. The van der Waals surface area contributed by atoms with Gasteiger partial charge in [-0.25, -0.2) is 0 Å². The van der Waals surface area contributed by atoms with E-state index < -0.39 is 0 Å². The van der Waals surface area contributed by atoms with Gasteiger partial charge in [-0.2, -0.15) is 0 Å². The summed E-state index contributed by atoms with van der Waals surface area (Å²) in [5.74, 6) is 0.584. The number of nitrogens with one attached hydrogen (secondary N) is 1. The van der Waals surface area contributed by atoms with E-state index in [4.69, 9.17) is 0 Å². The largest absolute Gasteiger partial charge is 0.352 e. The van der Waals surface area contributed by atoms with Gasteiger partial charge in [-0.15, -0.1) is 0 Å². The van der Waals surface area contributed by atoms with Gasteiger partial charge in [-0.05, 0) is 61.9 Å². The lowest BCUT2D eigenvalue weighted by molar-refractivity contribution is 0.0766. The third-order valence-corrected chi connectivity index (χ3v) is 7.09. The van der Waals surface area contributed by atoms with Crippen molar-refractivity contribution in [1.29, 1.82) is 0 Å². The normalized spacial score (nSPS) is 18.6. The fourth-order valence-electron chi connectivity index (χ4n) is 5.18. The number of nitrogens with zero attached hydrogens (tertiary/aromatic N) is 2. The van der Waals surface area contributed by atoms with Crippen molar-refractivity contribution in [3.63, 3.8) is 0 Å². The van der Waals surface area contributed by atoms with Gasteiger partial charge < -0.3 is 15.1 Å². The van der Waals surface area contributed by atoms with Crippen molar-refractivity contribution in [2.75, 3.05) is 19.6 Å². The number of hydrogen-bond acceptors (Lipinski definition) is 3.